The van der Waals surface area contributed by atoms with Crippen LogP contribution in [0.15, 0.2) is 28.5 Å². The molecule has 92 valence electrons. The molecule has 0 unspecified atom stereocenters. The number of halogens is 1. The van der Waals surface area contributed by atoms with Gasteiger partial charge < -0.3 is 9.94 Å². The number of anilines is 1. The van der Waals surface area contributed by atoms with Crippen molar-refractivity contribution in [3.05, 3.63) is 23.2 Å². The Morgan fingerprint density at radius 3 is 2.65 bits per heavy atom. The van der Waals surface area contributed by atoms with Crippen LogP contribution in [0.1, 0.15) is 13.8 Å². The first-order valence-electron chi connectivity index (χ1n) is 4.91. The van der Waals surface area contributed by atoms with Crippen LogP contribution in [0.4, 0.5) is 5.69 Å². The van der Waals surface area contributed by atoms with E-state index >= 15 is 0 Å². The van der Waals surface area contributed by atoms with Crippen molar-refractivity contribution in [3.63, 3.8) is 0 Å². The summed E-state index contributed by atoms with van der Waals surface area (Å²) in [7, 11) is 1.56. The van der Waals surface area contributed by atoms with Crippen molar-refractivity contribution < 1.29 is 9.94 Å². The van der Waals surface area contributed by atoms with E-state index in [1.165, 1.54) is 0 Å². The Morgan fingerprint density at radius 1 is 1.35 bits per heavy atom. The van der Waals surface area contributed by atoms with Crippen molar-refractivity contribution >= 4 is 28.7 Å². The van der Waals surface area contributed by atoms with Gasteiger partial charge in [-0.3, -0.25) is 5.43 Å². The molecule has 5 nitrogen and oxygen atoms in total. The van der Waals surface area contributed by atoms with Crippen LogP contribution in [0.5, 0.6) is 5.75 Å². The first-order chi connectivity index (χ1) is 8.08. The van der Waals surface area contributed by atoms with Crippen molar-refractivity contribution in [2.75, 3.05) is 12.5 Å². The van der Waals surface area contributed by atoms with Crippen LogP contribution in [-0.4, -0.2) is 23.7 Å². The van der Waals surface area contributed by atoms with E-state index in [-0.39, 0.29) is 0 Å². The van der Waals surface area contributed by atoms with Gasteiger partial charge in [0.25, 0.3) is 0 Å². The van der Waals surface area contributed by atoms with Crippen molar-refractivity contribution in [2.24, 2.45) is 10.3 Å². The smallest absolute Gasteiger partial charge is 0.143 e. The van der Waals surface area contributed by atoms with Gasteiger partial charge in [0.05, 0.1) is 24.2 Å². The van der Waals surface area contributed by atoms with Crippen molar-refractivity contribution in [1.29, 1.82) is 0 Å². The lowest BCUT2D eigenvalue weighted by atomic mass is 10.3. The molecule has 2 N–H and O–H groups in total. The third kappa shape index (κ3) is 3.64. The summed E-state index contributed by atoms with van der Waals surface area (Å²) in [6.45, 7) is 3.37. The number of ether oxygens (including phenoxy) is 1. The number of hydrogen-bond donors (Lipinski definition) is 2. The molecule has 0 fully saturated rings. The van der Waals surface area contributed by atoms with E-state index in [0.717, 1.165) is 0 Å². The van der Waals surface area contributed by atoms with Gasteiger partial charge in [-0.1, -0.05) is 16.8 Å². The molecular weight excluding hydrogens is 242 g/mol. The topological polar surface area (TPSA) is 66.2 Å². The maximum atomic E-state index is 8.58. The minimum Gasteiger partial charge on any atom is -0.495 e. The van der Waals surface area contributed by atoms with E-state index in [1.807, 2.05) is 0 Å². The minimum atomic E-state index is 0.429. The molecule has 0 amide bonds. The second kappa shape index (κ2) is 6.10. The zero-order valence-electron chi connectivity index (χ0n) is 9.86. The molecule has 0 spiro atoms. The number of rotatable bonds is 4. The zero-order chi connectivity index (χ0) is 12.8. The van der Waals surface area contributed by atoms with Gasteiger partial charge in [0.15, 0.2) is 0 Å². The standard InChI is InChI=1S/C11H14ClN3O2/c1-7(8(2)15-16)13-14-10-6-9(12)4-5-11(10)17-3/h4-6,14,16H,1-3H3/b13-7+,15-8+. The highest BCUT2D eigenvalue weighted by Crippen LogP contribution is 2.27. The van der Waals surface area contributed by atoms with Gasteiger partial charge in [-0.05, 0) is 32.0 Å². The second-order valence-electron chi connectivity index (χ2n) is 3.34. The maximum Gasteiger partial charge on any atom is 0.143 e. The van der Waals surface area contributed by atoms with E-state index in [0.29, 0.717) is 27.9 Å². The lowest BCUT2D eigenvalue weighted by Crippen LogP contribution is -2.08. The summed E-state index contributed by atoms with van der Waals surface area (Å²) >= 11 is 5.87. The molecule has 0 aliphatic carbocycles. The highest BCUT2D eigenvalue weighted by Gasteiger charge is 2.03. The number of methoxy groups -OCH3 is 1. The van der Waals surface area contributed by atoms with E-state index in [2.05, 4.69) is 15.7 Å². The molecule has 6 heteroatoms. The number of nitrogens with one attached hydrogen (secondary N) is 1. The summed E-state index contributed by atoms with van der Waals surface area (Å²) < 4.78 is 5.15. The summed E-state index contributed by atoms with van der Waals surface area (Å²) in [6, 6.07) is 5.16. The molecule has 0 bridgehead atoms. The van der Waals surface area contributed by atoms with E-state index in [4.69, 9.17) is 21.5 Å². The van der Waals surface area contributed by atoms with Crippen LogP contribution in [0, 0.1) is 0 Å². The molecule has 0 atom stereocenters. The van der Waals surface area contributed by atoms with Crippen LogP contribution in [0.3, 0.4) is 0 Å². The Labute approximate surface area is 105 Å². The van der Waals surface area contributed by atoms with Crippen molar-refractivity contribution in [2.45, 2.75) is 13.8 Å². The van der Waals surface area contributed by atoms with Crippen molar-refractivity contribution in [1.82, 2.24) is 0 Å². The quantitative estimate of drug-likeness (QED) is 0.494. The van der Waals surface area contributed by atoms with Gasteiger partial charge in [0.2, 0.25) is 0 Å². The Bertz CT molecular complexity index is 458. The molecule has 0 aromatic heterocycles. The fraction of sp³-hybridized carbons (Fsp3) is 0.273. The second-order valence-corrected chi connectivity index (χ2v) is 3.78. The summed E-state index contributed by atoms with van der Waals surface area (Å²) in [4.78, 5) is 0. The molecule has 0 aliphatic heterocycles. The molecule has 0 radical (unpaired) electrons. The Balaban J connectivity index is 2.92. The van der Waals surface area contributed by atoms with E-state index in [9.17, 15) is 0 Å². The third-order valence-corrected chi connectivity index (χ3v) is 2.41. The molecule has 0 heterocycles. The van der Waals surface area contributed by atoms with Gasteiger partial charge in [-0.2, -0.15) is 5.10 Å². The van der Waals surface area contributed by atoms with Gasteiger partial charge in [-0.15, -0.1) is 0 Å². The molecule has 1 aromatic rings. The molecular formula is C11H14ClN3O2. The van der Waals surface area contributed by atoms with Gasteiger partial charge in [-0.25, -0.2) is 0 Å². The first-order valence-corrected chi connectivity index (χ1v) is 5.29. The fourth-order valence-electron chi connectivity index (χ4n) is 1.06. The van der Waals surface area contributed by atoms with Crippen LogP contribution in [0.2, 0.25) is 5.02 Å². The van der Waals surface area contributed by atoms with Gasteiger partial charge in [0, 0.05) is 5.02 Å². The molecule has 1 aromatic carbocycles. The average molecular weight is 256 g/mol. The first kappa shape index (κ1) is 13.3. The molecule has 0 saturated carbocycles. The third-order valence-electron chi connectivity index (χ3n) is 2.18. The van der Waals surface area contributed by atoms with Crippen LogP contribution >= 0.6 is 11.6 Å². The summed E-state index contributed by atoms with van der Waals surface area (Å²) in [6.07, 6.45) is 0. The number of hydrogen-bond acceptors (Lipinski definition) is 5. The fourth-order valence-corrected chi connectivity index (χ4v) is 1.24. The van der Waals surface area contributed by atoms with E-state index < -0.39 is 0 Å². The predicted octanol–water partition coefficient (Wildman–Crippen LogP) is 2.99. The van der Waals surface area contributed by atoms with Crippen LogP contribution in [0.25, 0.3) is 0 Å². The maximum absolute atomic E-state index is 8.58. The van der Waals surface area contributed by atoms with Crippen molar-refractivity contribution in [3.8, 4) is 5.75 Å². The largest absolute Gasteiger partial charge is 0.495 e. The van der Waals surface area contributed by atoms with Gasteiger partial charge >= 0.3 is 0 Å². The Kier molecular flexibility index (Phi) is 4.78. The Hall–Kier alpha value is -1.75. The van der Waals surface area contributed by atoms with Gasteiger partial charge in [0.1, 0.15) is 5.75 Å². The average Bonchev–Trinajstić information content (AvgIpc) is 2.35. The van der Waals surface area contributed by atoms with E-state index in [1.54, 1.807) is 39.2 Å². The number of oxime groups is 1. The highest BCUT2D eigenvalue weighted by molar-refractivity contribution is 6.40. The summed E-state index contributed by atoms with van der Waals surface area (Å²) in [5.74, 6) is 0.629. The molecule has 17 heavy (non-hydrogen) atoms. The highest BCUT2D eigenvalue weighted by atomic mass is 35.5. The summed E-state index contributed by atoms with van der Waals surface area (Å²) in [5, 5.41) is 16.3. The monoisotopic (exact) mass is 255 g/mol. The number of hydrazone groups is 1. The number of nitrogens with zero attached hydrogens (tertiary/aromatic N) is 2. The zero-order valence-corrected chi connectivity index (χ0v) is 10.6. The number of benzene rings is 1. The SMILES string of the molecule is COc1ccc(Cl)cc1N/N=C(C)/C(C)=N/O. The molecule has 0 saturated heterocycles. The molecule has 0 aliphatic rings. The lowest BCUT2D eigenvalue weighted by Gasteiger charge is -2.08. The predicted molar refractivity (Wildman–Crippen MR) is 69.6 cm³/mol. The van der Waals surface area contributed by atoms with Crippen LogP contribution in [-0.2, 0) is 0 Å². The lowest BCUT2D eigenvalue weighted by molar-refractivity contribution is 0.320. The van der Waals surface area contributed by atoms with Crippen LogP contribution < -0.4 is 10.2 Å². The summed E-state index contributed by atoms with van der Waals surface area (Å²) in [5.41, 5.74) is 4.44. The normalized spacial score (nSPS) is 12.5. The molecule has 1 rings (SSSR count). The Morgan fingerprint density at radius 2 is 2.06 bits per heavy atom. The minimum absolute atomic E-state index is 0.429.